The molecule has 0 saturated heterocycles. The molecule has 2 aromatic rings. The third kappa shape index (κ3) is 6.04. The van der Waals surface area contributed by atoms with Crippen LogP contribution in [-0.4, -0.2) is 35.6 Å². The molecule has 0 aliphatic heterocycles. The van der Waals surface area contributed by atoms with Crippen molar-refractivity contribution >= 4 is 23.6 Å². The second kappa shape index (κ2) is 9.36. The number of esters is 1. The van der Waals surface area contributed by atoms with Gasteiger partial charge in [-0.25, -0.2) is 4.79 Å². The predicted octanol–water partition coefficient (Wildman–Crippen LogP) is 1.54. The fourth-order valence-electron chi connectivity index (χ4n) is 2.19. The van der Waals surface area contributed by atoms with Gasteiger partial charge in [0.1, 0.15) is 12.3 Å². The standard InChI is InChI=1S/C18H21N3O5/c1-12(2)17(20-15(22)10-13-6-4-3-5-7-13)18(24)25-11-16(23)19-14-8-9-26-21-14/h3-9,12,17H,10-11H2,1-2H3,(H,20,22)(H,19,21,23)/t17-/m0/s1. The summed E-state index contributed by atoms with van der Waals surface area (Å²) < 4.78 is 9.59. The number of benzene rings is 1. The number of carbonyl (C=O) groups excluding carboxylic acids is 3. The Labute approximate surface area is 150 Å². The predicted molar refractivity (Wildman–Crippen MR) is 93.0 cm³/mol. The molecule has 1 heterocycles. The van der Waals surface area contributed by atoms with Crippen LogP contribution in [0.2, 0.25) is 0 Å². The SMILES string of the molecule is CC(C)[C@H](NC(=O)Cc1ccccc1)C(=O)OCC(=O)Nc1ccon1. The number of nitrogens with zero attached hydrogens (tertiary/aromatic N) is 1. The lowest BCUT2D eigenvalue weighted by molar-refractivity contribution is -0.151. The van der Waals surface area contributed by atoms with Gasteiger partial charge in [0.15, 0.2) is 12.4 Å². The van der Waals surface area contributed by atoms with Crippen molar-refractivity contribution in [2.24, 2.45) is 5.92 Å². The van der Waals surface area contributed by atoms with Crippen molar-refractivity contribution < 1.29 is 23.6 Å². The summed E-state index contributed by atoms with van der Waals surface area (Å²) in [5.41, 5.74) is 0.841. The zero-order valence-corrected chi connectivity index (χ0v) is 14.6. The number of rotatable bonds is 8. The Morgan fingerprint density at radius 3 is 2.46 bits per heavy atom. The summed E-state index contributed by atoms with van der Waals surface area (Å²) in [4.78, 5) is 36.1. The second-order valence-electron chi connectivity index (χ2n) is 5.99. The van der Waals surface area contributed by atoms with Crippen molar-refractivity contribution in [3.8, 4) is 0 Å². The van der Waals surface area contributed by atoms with Crippen LogP contribution in [0.3, 0.4) is 0 Å². The van der Waals surface area contributed by atoms with Crippen LogP contribution >= 0.6 is 0 Å². The first-order valence-electron chi connectivity index (χ1n) is 8.16. The average molecular weight is 359 g/mol. The number of nitrogens with one attached hydrogen (secondary N) is 2. The van der Waals surface area contributed by atoms with E-state index in [4.69, 9.17) is 4.74 Å². The van der Waals surface area contributed by atoms with E-state index in [0.29, 0.717) is 0 Å². The molecule has 0 radical (unpaired) electrons. The van der Waals surface area contributed by atoms with Gasteiger partial charge in [-0.2, -0.15) is 0 Å². The summed E-state index contributed by atoms with van der Waals surface area (Å²) in [6, 6.07) is 9.81. The van der Waals surface area contributed by atoms with Crippen molar-refractivity contribution in [3.05, 3.63) is 48.2 Å². The van der Waals surface area contributed by atoms with Gasteiger partial charge in [0, 0.05) is 6.07 Å². The van der Waals surface area contributed by atoms with E-state index in [9.17, 15) is 14.4 Å². The monoisotopic (exact) mass is 359 g/mol. The van der Waals surface area contributed by atoms with E-state index in [0.717, 1.165) is 5.56 Å². The Hall–Kier alpha value is -3.16. The molecule has 1 aromatic carbocycles. The maximum Gasteiger partial charge on any atom is 0.329 e. The van der Waals surface area contributed by atoms with Crippen molar-refractivity contribution in [3.63, 3.8) is 0 Å². The number of anilines is 1. The fraction of sp³-hybridized carbons (Fsp3) is 0.333. The van der Waals surface area contributed by atoms with Crippen LogP contribution in [0.15, 0.2) is 47.2 Å². The molecule has 1 aromatic heterocycles. The van der Waals surface area contributed by atoms with Gasteiger partial charge in [0.25, 0.3) is 5.91 Å². The Kier molecular flexibility index (Phi) is 6.90. The highest BCUT2D eigenvalue weighted by Gasteiger charge is 2.26. The number of hydrogen-bond acceptors (Lipinski definition) is 6. The topological polar surface area (TPSA) is 111 Å². The molecule has 1 atom stereocenters. The van der Waals surface area contributed by atoms with Crippen LogP contribution in [0, 0.1) is 5.92 Å². The van der Waals surface area contributed by atoms with Crippen LogP contribution < -0.4 is 10.6 Å². The molecule has 0 aliphatic carbocycles. The molecule has 2 amide bonds. The molecular formula is C18H21N3O5. The first-order chi connectivity index (χ1) is 12.5. The first-order valence-corrected chi connectivity index (χ1v) is 8.16. The van der Waals surface area contributed by atoms with Gasteiger partial charge in [-0.1, -0.05) is 49.3 Å². The van der Waals surface area contributed by atoms with Crippen LogP contribution in [-0.2, 0) is 25.5 Å². The Bertz CT molecular complexity index is 729. The lowest BCUT2D eigenvalue weighted by Gasteiger charge is -2.20. The van der Waals surface area contributed by atoms with Gasteiger partial charge in [0.05, 0.1) is 6.42 Å². The van der Waals surface area contributed by atoms with Crippen molar-refractivity contribution in [1.82, 2.24) is 10.5 Å². The highest BCUT2D eigenvalue weighted by atomic mass is 16.5. The summed E-state index contributed by atoms with van der Waals surface area (Å²) >= 11 is 0. The van der Waals surface area contributed by atoms with E-state index in [-0.39, 0.29) is 24.1 Å². The highest BCUT2D eigenvalue weighted by molar-refractivity contribution is 5.92. The largest absolute Gasteiger partial charge is 0.454 e. The minimum absolute atomic E-state index is 0.157. The molecule has 26 heavy (non-hydrogen) atoms. The number of amides is 2. The average Bonchev–Trinajstić information content (AvgIpc) is 3.11. The normalized spacial score (nSPS) is 11.7. The lowest BCUT2D eigenvalue weighted by Crippen LogP contribution is -2.46. The van der Waals surface area contributed by atoms with Gasteiger partial charge in [-0.05, 0) is 11.5 Å². The molecule has 2 N–H and O–H groups in total. The summed E-state index contributed by atoms with van der Waals surface area (Å²) in [5, 5.41) is 8.59. The third-order valence-electron chi connectivity index (χ3n) is 3.50. The maximum atomic E-state index is 12.2. The zero-order chi connectivity index (χ0) is 18.9. The molecule has 0 spiro atoms. The van der Waals surface area contributed by atoms with E-state index < -0.39 is 24.5 Å². The number of hydrogen-bond donors (Lipinski definition) is 2. The molecule has 0 saturated carbocycles. The lowest BCUT2D eigenvalue weighted by atomic mass is 10.0. The summed E-state index contributed by atoms with van der Waals surface area (Å²) in [6.45, 7) is 3.08. The third-order valence-corrected chi connectivity index (χ3v) is 3.50. The molecular weight excluding hydrogens is 338 g/mol. The Morgan fingerprint density at radius 1 is 1.12 bits per heavy atom. The van der Waals surface area contributed by atoms with Crippen molar-refractivity contribution in [2.75, 3.05) is 11.9 Å². The van der Waals surface area contributed by atoms with E-state index in [1.54, 1.807) is 13.8 Å². The van der Waals surface area contributed by atoms with Crippen LogP contribution in [0.4, 0.5) is 5.82 Å². The van der Waals surface area contributed by atoms with E-state index in [1.165, 1.54) is 12.3 Å². The molecule has 8 heteroatoms. The number of ether oxygens (including phenoxy) is 1. The van der Waals surface area contributed by atoms with Gasteiger partial charge >= 0.3 is 5.97 Å². The maximum absolute atomic E-state index is 12.2. The molecule has 0 unspecified atom stereocenters. The molecule has 0 aliphatic rings. The Morgan fingerprint density at radius 2 is 1.85 bits per heavy atom. The molecule has 2 rings (SSSR count). The first kappa shape index (κ1) is 19.2. The van der Waals surface area contributed by atoms with Crippen LogP contribution in [0.1, 0.15) is 19.4 Å². The second-order valence-corrected chi connectivity index (χ2v) is 5.99. The highest BCUT2D eigenvalue weighted by Crippen LogP contribution is 2.07. The zero-order valence-electron chi connectivity index (χ0n) is 14.6. The van der Waals surface area contributed by atoms with Crippen LogP contribution in [0.25, 0.3) is 0 Å². The molecule has 0 fully saturated rings. The summed E-state index contributed by atoms with van der Waals surface area (Å²) in [5.74, 6) is -1.48. The van der Waals surface area contributed by atoms with Gasteiger partial charge in [0.2, 0.25) is 5.91 Å². The van der Waals surface area contributed by atoms with Gasteiger partial charge < -0.3 is 19.9 Å². The molecule has 138 valence electrons. The summed E-state index contributed by atoms with van der Waals surface area (Å²) in [6.07, 6.45) is 1.46. The van der Waals surface area contributed by atoms with Gasteiger partial charge in [-0.3, -0.25) is 9.59 Å². The number of aromatic nitrogens is 1. The smallest absolute Gasteiger partial charge is 0.329 e. The fourth-order valence-corrected chi connectivity index (χ4v) is 2.19. The minimum atomic E-state index is -0.842. The van der Waals surface area contributed by atoms with Gasteiger partial charge in [-0.15, -0.1) is 0 Å². The van der Waals surface area contributed by atoms with E-state index >= 15 is 0 Å². The van der Waals surface area contributed by atoms with E-state index in [1.807, 2.05) is 30.3 Å². The molecule has 0 bridgehead atoms. The quantitative estimate of drug-likeness (QED) is 0.692. The van der Waals surface area contributed by atoms with Crippen molar-refractivity contribution in [2.45, 2.75) is 26.3 Å². The van der Waals surface area contributed by atoms with Crippen LogP contribution in [0.5, 0.6) is 0 Å². The minimum Gasteiger partial charge on any atom is -0.454 e. The molecule has 8 nitrogen and oxygen atoms in total. The van der Waals surface area contributed by atoms with E-state index in [2.05, 4.69) is 20.3 Å². The number of carbonyl (C=O) groups is 3. The van der Waals surface area contributed by atoms with Crippen molar-refractivity contribution in [1.29, 1.82) is 0 Å². The Balaban J connectivity index is 1.84. The summed E-state index contributed by atoms with van der Waals surface area (Å²) in [7, 11) is 0.